The number of rotatable bonds is 6. The van der Waals surface area contributed by atoms with E-state index in [2.05, 4.69) is 10.5 Å². The average Bonchev–Trinajstić information content (AvgIpc) is 2.25. The van der Waals surface area contributed by atoms with E-state index in [-0.39, 0.29) is 30.6 Å². The summed E-state index contributed by atoms with van der Waals surface area (Å²) in [6.45, 7) is 2.49. The van der Waals surface area contributed by atoms with Crippen molar-refractivity contribution in [3.05, 3.63) is 0 Å². The lowest BCUT2D eigenvalue weighted by molar-refractivity contribution is -0.133. The molecule has 92 valence electrons. The van der Waals surface area contributed by atoms with E-state index in [4.69, 9.17) is 10.9 Å². The van der Waals surface area contributed by atoms with Crippen LogP contribution in [0.25, 0.3) is 0 Å². The Morgan fingerprint density at radius 3 is 2.62 bits per heavy atom. The molecule has 2 amide bonds. The Morgan fingerprint density at radius 2 is 2.12 bits per heavy atom. The van der Waals surface area contributed by atoms with Crippen molar-refractivity contribution in [3.8, 4) is 0 Å². The van der Waals surface area contributed by atoms with Gasteiger partial charge < -0.3 is 21.2 Å². The van der Waals surface area contributed by atoms with Crippen molar-refractivity contribution in [1.82, 2.24) is 10.2 Å². The molecule has 0 unspecified atom stereocenters. The number of hydrogen-bond acceptors (Lipinski definition) is 4. The summed E-state index contributed by atoms with van der Waals surface area (Å²) >= 11 is 0. The highest BCUT2D eigenvalue weighted by Gasteiger charge is 2.13. The molecule has 0 aliphatic rings. The minimum absolute atomic E-state index is 0.0302. The molecule has 0 heterocycles. The fourth-order valence-corrected chi connectivity index (χ4v) is 0.949. The quantitative estimate of drug-likeness (QED) is 0.238. The first-order valence-corrected chi connectivity index (χ1v) is 4.98. The summed E-state index contributed by atoms with van der Waals surface area (Å²) in [7, 11) is 1.48. The summed E-state index contributed by atoms with van der Waals surface area (Å²) in [5, 5.41) is 13.6. The van der Waals surface area contributed by atoms with Gasteiger partial charge in [0.2, 0.25) is 11.8 Å². The van der Waals surface area contributed by atoms with Gasteiger partial charge in [0.25, 0.3) is 0 Å². The van der Waals surface area contributed by atoms with Crippen LogP contribution >= 0.6 is 0 Å². The van der Waals surface area contributed by atoms with Crippen LogP contribution in [0.4, 0.5) is 0 Å². The molecular weight excluding hydrogens is 212 g/mol. The van der Waals surface area contributed by atoms with Gasteiger partial charge in [-0.1, -0.05) is 12.1 Å². The molecule has 0 saturated carbocycles. The second-order valence-electron chi connectivity index (χ2n) is 3.37. The van der Waals surface area contributed by atoms with Gasteiger partial charge in [0.15, 0.2) is 0 Å². The van der Waals surface area contributed by atoms with Crippen LogP contribution < -0.4 is 11.1 Å². The first kappa shape index (κ1) is 14.2. The summed E-state index contributed by atoms with van der Waals surface area (Å²) in [4.78, 5) is 23.9. The van der Waals surface area contributed by atoms with E-state index in [1.54, 1.807) is 0 Å². The summed E-state index contributed by atoms with van der Waals surface area (Å²) in [6.07, 6.45) is 0.640. The summed E-state index contributed by atoms with van der Waals surface area (Å²) in [5.41, 5.74) is 5.17. The molecule has 0 atom stereocenters. The van der Waals surface area contributed by atoms with Crippen LogP contribution in [-0.4, -0.2) is 47.9 Å². The third-order valence-electron chi connectivity index (χ3n) is 1.84. The molecule has 0 spiro atoms. The second kappa shape index (κ2) is 7.49. The fourth-order valence-electron chi connectivity index (χ4n) is 0.949. The van der Waals surface area contributed by atoms with Gasteiger partial charge >= 0.3 is 0 Å². The minimum Gasteiger partial charge on any atom is -0.409 e. The van der Waals surface area contributed by atoms with Gasteiger partial charge in [0, 0.05) is 13.6 Å². The molecule has 7 nitrogen and oxygen atoms in total. The van der Waals surface area contributed by atoms with Gasteiger partial charge in [-0.05, 0) is 6.42 Å². The van der Waals surface area contributed by atoms with Crippen molar-refractivity contribution in [1.29, 1.82) is 0 Å². The predicted octanol–water partition coefficient (Wildman–Crippen LogP) is -0.892. The molecule has 0 saturated heterocycles. The molecule has 16 heavy (non-hydrogen) atoms. The lowest BCUT2D eigenvalue weighted by Gasteiger charge is -2.16. The number of nitrogens with two attached hydrogens (primary N) is 1. The van der Waals surface area contributed by atoms with Crippen LogP contribution in [0.2, 0.25) is 0 Å². The molecule has 0 aromatic carbocycles. The van der Waals surface area contributed by atoms with E-state index >= 15 is 0 Å². The number of nitrogens with zero attached hydrogens (tertiary/aromatic N) is 2. The molecule has 0 aliphatic heterocycles. The van der Waals surface area contributed by atoms with Crippen molar-refractivity contribution in [2.75, 3.05) is 20.1 Å². The monoisotopic (exact) mass is 230 g/mol. The first-order chi connectivity index (χ1) is 7.51. The van der Waals surface area contributed by atoms with E-state index in [9.17, 15) is 9.59 Å². The largest absolute Gasteiger partial charge is 0.409 e. The van der Waals surface area contributed by atoms with Crippen molar-refractivity contribution < 1.29 is 14.8 Å². The number of carbonyl (C=O) groups excluding carboxylic acids is 2. The Labute approximate surface area is 94.3 Å². The third-order valence-corrected chi connectivity index (χ3v) is 1.84. The minimum atomic E-state index is -0.373. The number of carbonyl (C=O) groups is 2. The number of hydrogen-bond donors (Lipinski definition) is 3. The maximum atomic E-state index is 11.4. The van der Waals surface area contributed by atoms with Crippen molar-refractivity contribution in [2.45, 2.75) is 19.8 Å². The maximum Gasteiger partial charge on any atom is 0.239 e. The zero-order chi connectivity index (χ0) is 12.6. The molecule has 0 aliphatic carbocycles. The summed E-state index contributed by atoms with van der Waals surface area (Å²) < 4.78 is 0. The lowest BCUT2D eigenvalue weighted by atomic mass is 10.3. The maximum absolute atomic E-state index is 11.4. The van der Waals surface area contributed by atoms with Crippen molar-refractivity contribution in [2.24, 2.45) is 10.9 Å². The topological polar surface area (TPSA) is 108 Å². The summed E-state index contributed by atoms with van der Waals surface area (Å²) in [5.74, 6) is -0.773. The van der Waals surface area contributed by atoms with Crippen LogP contribution in [-0.2, 0) is 9.59 Å². The highest BCUT2D eigenvalue weighted by molar-refractivity contribution is 5.99. The Kier molecular flexibility index (Phi) is 6.66. The first-order valence-electron chi connectivity index (χ1n) is 4.98. The van der Waals surface area contributed by atoms with E-state index in [0.717, 1.165) is 6.42 Å². The zero-order valence-corrected chi connectivity index (χ0v) is 9.56. The fraction of sp³-hybridized carbons (Fsp3) is 0.667. The molecule has 4 N–H and O–H groups in total. The van der Waals surface area contributed by atoms with E-state index in [0.29, 0.717) is 6.54 Å². The molecule has 0 bridgehead atoms. The van der Waals surface area contributed by atoms with Crippen LogP contribution in [0.1, 0.15) is 19.8 Å². The lowest BCUT2D eigenvalue weighted by Crippen LogP contribution is -2.39. The van der Waals surface area contributed by atoms with Crippen LogP contribution in [0, 0.1) is 0 Å². The van der Waals surface area contributed by atoms with Gasteiger partial charge in [-0.3, -0.25) is 9.59 Å². The second-order valence-corrected chi connectivity index (χ2v) is 3.37. The van der Waals surface area contributed by atoms with Gasteiger partial charge in [0.05, 0.1) is 13.0 Å². The number of likely N-dealkylation sites (N-methyl/N-ethyl adjacent to an activating group) is 1. The van der Waals surface area contributed by atoms with E-state index in [1.165, 1.54) is 11.9 Å². The van der Waals surface area contributed by atoms with Crippen molar-refractivity contribution in [3.63, 3.8) is 0 Å². The number of amides is 2. The van der Waals surface area contributed by atoms with E-state index < -0.39 is 0 Å². The molecule has 7 heteroatoms. The molecular formula is C9H18N4O3. The van der Waals surface area contributed by atoms with Gasteiger partial charge in [0.1, 0.15) is 5.84 Å². The molecule has 0 aromatic rings. The Hall–Kier alpha value is -1.79. The van der Waals surface area contributed by atoms with Crippen molar-refractivity contribution >= 4 is 17.6 Å². The standard InChI is InChI=1S/C9H18N4O3/c1-3-4-11-8(14)6-13(2)9(15)5-7(10)12-16/h16H,3-6H2,1-2H3,(H2,10,12)(H,11,14). The Balaban J connectivity index is 4.00. The average molecular weight is 230 g/mol. The Bertz CT molecular complexity index is 278. The highest BCUT2D eigenvalue weighted by Crippen LogP contribution is 1.91. The van der Waals surface area contributed by atoms with Gasteiger partial charge in [-0.2, -0.15) is 0 Å². The molecule has 0 rings (SSSR count). The summed E-state index contributed by atoms with van der Waals surface area (Å²) in [6, 6.07) is 0. The number of oxime groups is 1. The number of nitrogens with one attached hydrogen (secondary N) is 1. The highest BCUT2D eigenvalue weighted by atomic mass is 16.4. The predicted molar refractivity (Wildman–Crippen MR) is 59.0 cm³/mol. The zero-order valence-electron chi connectivity index (χ0n) is 9.56. The van der Waals surface area contributed by atoms with Gasteiger partial charge in [-0.25, -0.2) is 0 Å². The van der Waals surface area contributed by atoms with Crippen LogP contribution in [0.15, 0.2) is 5.16 Å². The van der Waals surface area contributed by atoms with Gasteiger partial charge in [-0.15, -0.1) is 0 Å². The molecule has 0 aromatic heterocycles. The van der Waals surface area contributed by atoms with E-state index in [1.807, 2.05) is 6.92 Å². The van der Waals surface area contributed by atoms with Crippen LogP contribution in [0.3, 0.4) is 0 Å². The molecule has 0 radical (unpaired) electrons. The number of amidine groups is 1. The smallest absolute Gasteiger partial charge is 0.239 e. The Morgan fingerprint density at radius 1 is 1.50 bits per heavy atom. The third kappa shape index (κ3) is 5.84. The SMILES string of the molecule is CCCNC(=O)CN(C)C(=O)C/C(N)=N/O. The molecule has 0 fully saturated rings. The normalized spacial score (nSPS) is 11.0. The van der Waals surface area contributed by atoms with Crippen LogP contribution in [0.5, 0.6) is 0 Å².